The molecule has 10 heteroatoms. The zero-order chi connectivity index (χ0) is 37.9. The Morgan fingerprint density at radius 3 is 1.78 bits per heavy atom. The lowest BCUT2D eigenvalue weighted by Crippen LogP contribution is -2.19. The van der Waals surface area contributed by atoms with Crippen LogP contribution >= 0.6 is 11.8 Å². The van der Waals surface area contributed by atoms with Crippen LogP contribution in [0.25, 0.3) is 89.3 Å². The lowest BCUT2D eigenvalue weighted by molar-refractivity contribution is 0.469. The molecule has 0 amide bonds. The molecule has 6 aromatic carbocycles. The van der Waals surface area contributed by atoms with Gasteiger partial charge in [0.2, 0.25) is 11.8 Å². The maximum atomic E-state index is 6.91. The van der Waals surface area contributed by atoms with E-state index < -0.39 is 0 Å². The first-order valence-corrected chi connectivity index (χ1v) is 19.6. The van der Waals surface area contributed by atoms with E-state index in [1.54, 1.807) is 36.5 Å². The van der Waals surface area contributed by atoms with Gasteiger partial charge in [0.15, 0.2) is 28.2 Å². The van der Waals surface area contributed by atoms with Crippen LogP contribution in [-0.2, 0) is 0 Å². The lowest BCUT2D eigenvalue weighted by atomic mass is 10.0. The Bertz CT molecular complexity index is 3470. The average Bonchev–Trinajstić information content (AvgIpc) is 4.01. The Labute approximate surface area is 333 Å². The summed E-state index contributed by atoms with van der Waals surface area (Å²) in [4.78, 5) is 22.6. The zero-order valence-corrected chi connectivity index (χ0v) is 31.0. The van der Waals surface area contributed by atoms with Crippen LogP contribution in [0.2, 0.25) is 0 Å². The van der Waals surface area contributed by atoms with Crippen LogP contribution in [0.3, 0.4) is 0 Å². The number of fused-ring (bicyclic) bond motifs is 10. The number of nitrogens with zero attached hydrogens (tertiary/aromatic N) is 5. The van der Waals surface area contributed by atoms with Crippen LogP contribution < -0.4 is 9.64 Å². The summed E-state index contributed by atoms with van der Waals surface area (Å²) in [6, 6.07) is 42.9. The summed E-state index contributed by atoms with van der Waals surface area (Å²) in [6.45, 7) is 0. The fraction of sp³-hybridized carbons (Fsp3) is 0. The van der Waals surface area contributed by atoms with Crippen molar-refractivity contribution in [2.24, 2.45) is 0 Å². The van der Waals surface area contributed by atoms with Crippen LogP contribution in [0.4, 0.5) is 17.1 Å². The quantitative estimate of drug-likeness (QED) is 0.172. The standard InChI is InChI=1S/C48H25N5O4S/c1-2-4-38-32(3-1)33-25-43-44-46(45(33)54-38)55-41-23-30(47-51-34-21-28(7-11-39(34)56-47)26-13-17-49-18-14-26)5-9-36(41)53(44)37-10-6-31(24-42(37)58-43)48-52-35-22-29(8-12-40(35)57-48)27-15-19-50-20-16-27/h1-25H. The molecule has 0 radical (unpaired) electrons. The van der Waals surface area contributed by atoms with E-state index in [4.69, 9.17) is 28.0 Å². The molecule has 0 aliphatic carbocycles. The Kier molecular flexibility index (Phi) is 6.47. The highest BCUT2D eigenvalue weighted by Crippen LogP contribution is 2.63. The van der Waals surface area contributed by atoms with Crippen LogP contribution in [0.1, 0.15) is 0 Å². The number of rotatable bonds is 4. The Balaban J connectivity index is 0.944. The van der Waals surface area contributed by atoms with Crippen LogP contribution in [0.5, 0.6) is 11.5 Å². The Morgan fingerprint density at radius 2 is 1.09 bits per heavy atom. The molecule has 9 nitrogen and oxygen atoms in total. The summed E-state index contributed by atoms with van der Waals surface area (Å²) in [5.74, 6) is 2.40. The number of aromatic nitrogens is 4. The van der Waals surface area contributed by atoms with Gasteiger partial charge in [-0.15, -0.1) is 0 Å². The second-order valence-electron chi connectivity index (χ2n) is 14.3. The number of benzene rings is 6. The molecule has 0 fully saturated rings. The number of anilines is 3. The molecule has 2 aliphatic rings. The van der Waals surface area contributed by atoms with Gasteiger partial charge in [-0.2, -0.15) is 0 Å². The van der Waals surface area contributed by atoms with Crippen LogP contribution in [0.15, 0.2) is 175 Å². The maximum Gasteiger partial charge on any atom is 0.227 e. The monoisotopic (exact) mass is 767 g/mol. The second-order valence-corrected chi connectivity index (χ2v) is 15.4. The molecule has 0 bridgehead atoms. The van der Waals surface area contributed by atoms with E-state index >= 15 is 0 Å². The summed E-state index contributed by atoms with van der Waals surface area (Å²) in [6.07, 6.45) is 7.17. The predicted octanol–water partition coefficient (Wildman–Crippen LogP) is 13.4. The highest BCUT2D eigenvalue weighted by Gasteiger charge is 2.37. The number of hydrogen-bond donors (Lipinski definition) is 0. The average molecular weight is 768 g/mol. The first-order valence-electron chi connectivity index (χ1n) is 18.7. The summed E-state index contributed by atoms with van der Waals surface area (Å²) < 4.78 is 26.1. The van der Waals surface area contributed by atoms with Gasteiger partial charge >= 0.3 is 0 Å². The van der Waals surface area contributed by atoms with Crippen molar-refractivity contribution in [3.05, 3.63) is 152 Å². The van der Waals surface area contributed by atoms with E-state index in [-0.39, 0.29) is 0 Å². The van der Waals surface area contributed by atoms with Gasteiger partial charge in [-0.05, 0) is 119 Å². The number of hydrogen-bond acceptors (Lipinski definition) is 10. The second kappa shape index (κ2) is 11.9. The molecule has 0 atom stereocenters. The minimum Gasteiger partial charge on any atom is -0.452 e. The molecular formula is C48H25N5O4S. The molecule has 0 saturated carbocycles. The summed E-state index contributed by atoms with van der Waals surface area (Å²) in [5.41, 5.74) is 13.3. The van der Waals surface area contributed by atoms with E-state index in [0.29, 0.717) is 34.4 Å². The fourth-order valence-electron chi connectivity index (χ4n) is 8.16. The first-order chi connectivity index (χ1) is 28.7. The third kappa shape index (κ3) is 4.72. The van der Waals surface area contributed by atoms with E-state index in [9.17, 15) is 0 Å². The Hall–Kier alpha value is -7.69. The van der Waals surface area contributed by atoms with Crippen LogP contribution in [-0.4, -0.2) is 19.9 Å². The molecular weight excluding hydrogens is 743 g/mol. The van der Waals surface area contributed by atoms with Gasteiger partial charge < -0.3 is 22.9 Å². The van der Waals surface area contributed by atoms with Gasteiger partial charge in [0.1, 0.15) is 22.3 Å². The van der Waals surface area contributed by atoms with Gasteiger partial charge in [-0.3, -0.25) is 9.97 Å². The number of furan rings is 1. The van der Waals surface area contributed by atoms with Crippen LogP contribution in [0, 0.1) is 0 Å². The molecule has 0 N–H and O–H groups in total. The minimum absolute atomic E-state index is 0.507. The van der Waals surface area contributed by atoms with E-state index in [2.05, 4.69) is 63.4 Å². The van der Waals surface area contributed by atoms with Gasteiger partial charge in [0.05, 0.1) is 11.4 Å². The number of para-hydroxylation sites is 1. The van der Waals surface area contributed by atoms with Gasteiger partial charge in [-0.25, -0.2) is 9.97 Å². The van der Waals surface area contributed by atoms with Crippen molar-refractivity contribution in [3.63, 3.8) is 0 Å². The number of oxazole rings is 2. The number of pyridine rings is 2. The van der Waals surface area contributed by atoms with E-state index in [0.717, 1.165) is 93.2 Å². The number of ether oxygens (including phenoxy) is 1. The van der Waals surface area contributed by atoms with Gasteiger partial charge in [-0.1, -0.05) is 42.1 Å². The molecule has 7 heterocycles. The summed E-state index contributed by atoms with van der Waals surface area (Å²) >= 11 is 1.70. The SMILES string of the molecule is c1ccc2c(c1)oc1c3c4c(cc12)Sc1cc(-c2nc5cc(-c6ccncc6)ccc5o2)ccc1N4c1ccc(-c2nc4cc(-c5ccncc5)ccc4o2)cc1O3. The highest BCUT2D eigenvalue weighted by atomic mass is 32.2. The van der Waals surface area contributed by atoms with E-state index in [1.165, 1.54) is 0 Å². The van der Waals surface area contributed by atoms with Crippen molar-refractivity contribution in [1.82, 2.24) is 19.9 Å². The molecule has 2 aliphatic heterocycles. The predicted molar refractivity (Wildman–Crippen MR) is 225 cm³/mol. The molecule has 272 valence electrons. The minimum atomic E-state index is 0.507. The highest BCUT2D eigenvalue weighted by molar-refractivity contribution is 7.99. The third-order valence-electron chi connectivity index (χ3n) is 10.9. The zero-order valence-electron chi connectivity index (χ0n) is 30.2. The van der Waals surface area contributed by atoms with Crippen molar-refractivity contribution in [2.75, 3.05) is 4.90 Å². The normalized spacial score (nSPS) is 12.9. The molecule has 0 spiro atoms. The van der Waals surface area contributed by atoms with Crippen molar-refractivity contribution < 1.29 is 18.0 Å². The molecule has 0 saturated heterocycles. The molecule has 5 aromatic heterocycles. The van der Waals surface area contributed by atoms with Gasteiger partial charge in [0, 0.05) is 56.5 Å². The topological polar surface area (TPSA) is 103 Å². The van der Waals surface area contributed by atoms with Crippen molar-refractivity contribution in [1.29, 1.82) is 0 Å². The molecule has 11 aromatic rings. The van der Waals surface area contributed by atoms with Crippen molar-refractivity contribution in [2.45, 2.75) is 9.79 Å². The van der Waals surface area contributed by atoms with Crippen molar-refractivity contribution >= 4 is 73.0 Å². The molecule has 58 heavy (non-hydrogen) atoms. The largest absolute Gasteiger partial charge is 0.452 e. The lowest BCUT2D eigenvalue weighted by Gasteiger charge is -2.38. The smallest absolute Gasteiger partial charge is 0.227 e. The fourth-order valence-corrected chi connectivity index (χ4v) is 9.30. The maximum absolute atomic E-state index is 6.91. The third-order valence-corrected chi connectivity index (χ3v) is 12.0. The summed E-state index contributed by atoms with van der Waals surface area (Å²) in [7, 11) is 0. The molecule has 0 unspecified atom stereocenters. The Morgan fingerprint density at radius 1 is 0.466 bits per heavy atom. The van der Waals surface area contributed by atoms with E-state index in [1.807, 2.05) is 78.9 Å². The first kappa shape index (κ1) is 31.5. The van der Waals surface area contributed by atoms with Crippen molar-refractivity contribution in [3.8, 4) is 56.7 Å². The molecule has 13 rings (SSSR count). The van der Waals surface area contributed by atoms with Gasteiger partial charge in [0.25, 0.3) is 0 Å². The summed E-state index contributed by atoms with van der Waals surface area (Å²) in [5, 5.41) is 2.02.